The predicted molar refractivity (Wildman–Crippen MR) is 101 cm³/mol. The van der Waals surface area contributed by atoms with Crippen LogP contribution in [0, 0.1) is 11.6 Å². The zero-order valence-corrected chi connectivity index (χ0v) is 16.1. The lowest BCUT2D eigenvalue weighted by Crippen LogP contribution is -2.42. The van der Waals surface area contributed by atoms with Gasteiger partial charge in [-0.1, -0.05) is 25.1 Å². The van der Waals surface area contributed by atoms with E-state index in [9.17, 15) is 23.5 Å². The topological polar surface area (TPSA) is 78.9 Å². The van der Waals surface area contributed by atoms with E-state index in [4.69, 9.17) is 4.74 Å². The summed E-state index contributed by atoms with van der Waals surface area (Å²) in [6, 6.07) is 9.67. The molecule has 1 fully saturated rings. The summed E-state index contributed by atoms with van der Waals surface area (Å²) < 4.78 is 32.3. The number of amides is 3. The minimum Gasteiger partial charge on any atom is -0.491 e. The number of nitrogens with zero attached hydrogens (tertiary/aromatic N) is 1. The molecule has 0 aromatic heterocycles. The van der Waals surface area contributed by atoms with Gasteiger partial charge in [0.15, 0.2) is 11.6 Å². The van der Waals surface area contributed by atoms with E-state index >= 15 is 0 Å². The largest absolute Gasteiger partial charge is 0.491 e. The molecule has 0 bridgehead atoms. The molecule has 2 atom stereocenters. The Morgan fingerprint density at radius 2 is 1.93 bits per heavy atom. The van der Waals surface area contributed by atoms with E-state index in [2.05, 4.69) is 5.32 Å². The first-order valence-electron chi connectivity index (χ1n) is 9.24. The third-order valence-electron chi connectivity index (χ3n) is 4.91. The number of aryl methyl sites for hydroxylation is 1. The Labute approximate surface area is 167 Å². The number of hydrogen-bond acceptors (Lipinski definition) is 4. The zero-order chi connectivity index (χ0) is 21.2. The number of aliphatic hydroxyl groups excluding tert-OH is 1. The molecule has 0 radical (unpaired) electrons. The molecule has 2 aromatic rings. The van der Waals surface area contributed by atoms with Gasteiger partial charge in [0, 0.05) is 0 Å². The highest BCUT2D eigenvalue weighted by molar-refractivity contribution is 6.07. The lowest BCUT2D eigenvalue weighted by Gasteiger charge is -2.23. The van der Waals surface area contributed by atoms with Crippen LogP contribution in [0.4, 0.5) is 13.6 Å². The molecule has 0 spiro atoms. The van der Waals surface area contributed by atoms with Crippen LogP contribution in [0.25, 0.3) is 0 Å². The Bertz CT molecular complexity index is 937. The smallest absolute Gasteiger partial charge is 0.325 e. The second kappa shape index (κ2) is 8.16. The van der Waals surface area contributed by atoms with Crippen molar-refractivity contribution in [3.8, 4) is 5.75 Å². The molecular formula is C21H22F2N2O4. The van der Waals surface area contributed by atoms with Gasteiger partial charge in [0.1, 0.15) is 24.0 Å². The van der Waals surface area contributed by atoms with Gasteiger partial charge in [-0.3, -0.25) is 9.69 Å². The normalized spacial score (nSPS) is 20.0. The number of carbonyl (C=O) groups excluding carboxylic acids is 2. The zero-order valence-electron chi connectivity index (χ0n) is 16.1. The number of aliphatic hydroxyl groups is 1. The van der Waals surface area contributed by atoms with Crippen LogP contribution in [0.1, 0.15) is 25.0 Å². The Balaban J connectivity index is 1.66. The fourth-order valence-electron chi connectivity index (χ4n) is 3.18. The van der Waals surface area contributed by atoms with Crippen LogP contribution in [-0.4, -0.2) is 41.2 Å². The van der Waals surface area contributed by atoms with Crippen molar-refractivity contribution in [1.82, 2.24) is 10.2 Å². The molecule has 0 aliphatic carbocycles. The highest BCUT2D eigenvalue weighted by Gasteiger charge is 2.49. The van der Waals surface area contributed by atoms with Gasteiger partial charge in [-0.15, -0.1) is 0 Å². The maximum absolute atomic E-state index is 13.6. The third kappa shape index (κ3) is 4.22. The highest BCUT2D eigenvalue weighted by atomic mass is 19.2. The van der Waals surface area contributed by atoms with Gasteiger partial charge in [-0.05, 0) is 48.7 Å². The number of urea groups is 1. The molecule has 3 rings (SSSR count). The van der Waals surface area contributed by atoms with E-state index in [1.54, 1.807) is 6.07 Å². The average Bonchev–Trinajstić information content (AvgIpc) is 2.92. The van der Waals surface area contributed by atoms with E-state index in [0.717, 1.165) is 29.0 Å². The lowest BCUT2D eigenvalue weighted by molar-refractivity contribution is -0.132. The van der Waals surface area contributed by atoms with Crippen molar-refractivity contribution in [3.63, 3.8) is 0 Å². The molecule has 1 aliphatic rings. The lowest BCUT2D eigenvalue weighted by atomic mass is 9.92. The van der Waals surface area contributed by atoms with E-state index < -0.39 is 35.2 Å². The van der Waals surface area contributed by atoms with Gasteiger partial charge in [0.05, 0.1) is 6.54 Å². The molecule has 6 nitrogen and oxygen atoms in total. The summed E-state index contributed by atoms with van der Waals surface area (Å²) in [4.78, 5) is 25.9. The summed E-state index contributed by atoms with van der Waals surface area (Å²) in [7, 11) is 0. The van der Waals surface area contributed by atoms with Crippen LogP contribution in [-0.2, 0) is 16.8 Å². The average molecular weight is 404 g/mol. The number of carbonyl (C=O) groups is 2. The molecule has 154 valence electrons. The highest BCUT2D eigenvalue weighted by Crippen LogP contribution is 2.30. The molecule has 3 amide bonds. The SMILES string of the molecule is CCc1cccc(OCC(O)CN2C(=O)NC(C)(c3ccc(F)c(F)c3)C2=O)c1. The van der Waals surface area contributed by atoms with Crippen LogP contribution in [0.3, 0.4) is 0 Å². The van der Waals surface area contributed by atoms with Crippen LogP contribution in [0.5, 0.6) is 5.75 Å². The van der Waals surface area contributed by atoms with Crippen molar-refractivity contribution >= 4 is 11.9 Å². The first-order valence-corrected chi connectivity index (χ1v) is 9.24. The van der Waals surface area contributed by atoms with Gasteiger partial charge < -0.3 is 15.2 Å². The second-order valence-corrected chi connectivity index (χ2v) is 7.07. The Hall–Kier alpha value is -3.00. The minimum absolute atomic E-state index is 0.111. The van der Waals surface area contributed by atoms with Crippen LogP contribution in [0.2, 0.25) is 0 Å². The first-order chi connectivity index (χ1) is 13.7. The number of nitrogens with one attached hydrogen (secondary N) is 1. The molecule has 1 heterocycles. The van der Waals surface area contributed by atoms with Crippen molar-refractivity contribution in [2.24, 2.45) is 0 Å². The Morgan fingerprint density at radius 3 is 2.62 bits per heavy atom. The van der Waals surface area contributed by atoms with E-state index in [1.807, 2.05) is 25.1 Å². The molecule has 0 saturated carbocycles. The molecule has 2 unspecified atom stereocenters. The van der Waals surface area contributed by atoms with Gasteiger partial charge in [-0.25, -0.2) is 13.6 Å². The van der Waals surface area contributed by atoms with Crippen LogP contribution in [0.15, 0.2) is 42.5 Å². The number of benzene rings is 2. The number of hydrogen-bond donors (Lipinski definition) is 2. The summed E-state index contributed by atoms with van der Waals surface area (Å²) in [6.45, 7) is 3.00. The van der Waals surface area contributed by atoms with Crippen molar-refractivity contribution < 1.29 is 28.2 Å². The molecule has 2 N–H and O–H groups in total. The second-order valence-electron chi connectivity index (χ2n) is 7.07. The van der Waals surface area contributed by atoms with Gasteiger partial charge in [0.25, 0.3) is 5.91 Å². The van der Waals surface area contributed by atoms with E-state index in [1.165, 1.54) is 13.0 Å². The maximum Gasteiger partial charge on any atom is 0.325 e. The summed E-state index contributed by atoms with van der Waals surface area (Å²) in [5, 5.41) is 12.7. The third-order valence-corrected chi connectivity index (χ3v) is 4.91. The van der Waals surface area contributed by atoms with Crippen molar-refractivity contribution in [2.75, 3.05) is 13.2 Å². The van der Waals surface area contributed by atoms with E-state index in [-0.39, 0.29) is 18.7 Å². The fraction of sp³-hybridized carbons (Fsp3) is 0.333. The number of imide groups is 1. The van der Waals surface area contributed by atoms with E-state index in [0.29, 0.717) is 5.75 Å². The summed E-state index contributed by atoms with van der Waals surface area (Å²) >= 11 is 0. The minimum atomic E-state index is -1.55. The maximum atomic E-state index is 13.6. The molecule has 2 aromatic carbocycles. The van der Waals surface area contributed by atoms with Gasteiger partial charge in [-0.2, -0.15) is 0 Å². The number of rotatable bonds is 7. The molecule has 1 aliphatic heterocycles. The summed E-state index contributed by atoms with van der Waals surface area (Å²) in [5.74, 6) is -2.26. The molecule has 29 heavy (non-hydrogen) atoms. The Morgan fingerprint density at radius 1 is 1.17 bits per heavy atom. The number of β-amino-alcohol motifs (C(OH)–C–C–N with tert-alkyl or cyclic N) is 1. The van der Waals surface area contributed by atoms with Gasteiger partial charge in [0.2, 0.25) is 0 Å². The number of halogens is 2. The van der Waals surface area contributed by atoms with Gasteiger partial charge >= 0.3 is 6.03 Å². The van der Waals surface area contributed by atoms with Crippen molar-refractivity contribution in [3.05, 3.63) is 65.2 Å². The first kappa shape index (κ1) is 20.7. The molecule has 1 saturated heterocycles. The molecule has 8 heteroatoms. The van der Waals surface area contributed by atoms with Crippen LogP contribution < -0.4 is 10.1 Å². The van der Waals surface area contributed by atoms with Crippen LogP contribution >= 0.6 is 0 Å². The monoisotopic (exact) mass is 404 g/mol. The van der Waals surface area contributed by atoms with Crippen molar-refractivity contribution in [1.29, 1.82) is 0 Å². The number of ether oxygens (including phenoxy) is 1. The molecular weight excluding hydrogens is 382 g/mol. The predicted octanol–water partition coefficient (Wildman–Crippen LogP) is 2.73. The Kier molecular flexibility index (Phi) is 5.83. The standard InChI is InChI=1S/C21H22F2N2O4/c1-3-13-5-4-6-16(9-13)29-12-15(26)11-25-19(27)21(2,24-20(25)28)14-7-8-17(22)18(23)10-14/h4-10,15,26H,3,11-12H2,1-2H3,(H,24,28). The van der Waals surface area contributed by atoms with Crippen molar-refractivity contribution in [2.45, 2.75) is 31.9 Å². The summed E-state index contributed by atoms with van der Waals surface area (Å²) in [5.41, 5.74) is -0.366. The fourth-order valence-corrected chi connectivity index (χ4v) is 3.18. The quantitative estimate of drug-likeness (QED) is 0.696. The summed E-state index contributed by atoms with van der Waals surface area (Å²) in [6.07, 6.45) is -0.285.